The molecule has 0 bridgehead atoms. The van der Waals surface area contributed by atoms with Crippen LogP contribution in [0.1, 0.15) is 27.2 Å². The number of hydrogen-bond acceptors (Lipinski definition) is 2. The van der Waals surface area contributed by atoms with Crippen molar-refractivity contribution >= 4 is 6.41 Å². The molecule has 1 fully saturated rings. The van der Waals surface area contributed by atoms with Crippen molar-refractivity contribution in [2.75, 3.05) is 7.05 Å². The average Bonchev–Trinajstić information content (AvgIpc) is 2.24. The molecule has 0 aliphatic carbocycles. The molecular formula is C9H19N2O2+. The molecule has 1 N–H and O–H groups in total. The minimum absolute atomic E-state index is 0.292. The number of rotatable bonds is 2. The van der Waals surface area contributed by atoms with Gasteiger partial charge in [0.25, 0.3) is 6.41 Å². The fraction of sp³-hybridized carbons (Fsp3) is 0.889. The van der Waals surface area contributed by atoms with Crippen LogP contribution in [0.4, 0.5) is 0 Å². The summed E-state index contributed by atoms with van der Waals surface area (Å²) in [5, 5.41) is 11.1. The third kappa shape index (κ3) is 1.34. The van der Waals surface area contributed by atoms with Gasteiger partial charge >= 0.3 is 0 Å². The normalized spacial score (nSPS) is 40.0. The third-order valence-corrected chi connectivity index (χ3v) is 3.40. The Morgan fingerprint density at radius 2 is 2.15 bits per heavy atom. The van der Waals surface area contributed by atoms with Gasteiger partial charge < -0.3 is 5.11 Å². The van der Waals surface area contributed by atoms with Crippen LogP contribution < -0.4 is 0 Å². The number of carbonyl (C=O) groups is 1. The molecule has 0 unspecified atom stereocenters. The average molecular weight is 187 g/mol. The lowest BCUT2D eigenvalue weighted by Gasteiger charge is -2.42. The van der Waals surface area contributed by atoms with Crippen LogP contribution >= 0.6 is 0 Å². The van der Waals surface area contributed by atoms with E-state index in [4.69, 9.17) is 0 Å². The number of aliphatic hydroxyl groups is 1. The van der Waals surface area contributed by atoms with Gasteiger partial charge in [0, 0.05) is 0 Å². The zero-order valence-corrected chi connectivity index (χ0v) is 8.77. The van der Waals surface area contributed by atoms with Crippen LogP contribution in [0, 0.1) is 0 Å². The summed E-state index contributed by atoms with van der Waals surface area (Å²) in [5.41, 5.74) is 0. The van der Waals surface area contributed by atoms with Crippen molar-refractivity contribution in [1.29, 1.82) is 0 Å². The van der Waals surface area contributed by atoms with Gasteiger partial charge in [-0.3, -0.25) is 4.79 Å². The molecule has 1 aliphatic heterocycles. The smallest absolute Gasteiger partial charge is 0.258 e. The second kappa shape index (κ2) is 3.27. The van der Waals surface area contributed by atoms with Crippen LogP contribution in [0.5, 0.6) is 0 Å². The Hall–Kier alpha value is -0.610. The molecule has 13 heavy (non-hydrogen) atoms. The maximum atomic E-state index is 10.8. The molecule has 1 aliphatic rings. The summed E-state index contributed by atoms with van der Waals surface area (Å²) in [6.07, 6.45) is 0.779. The molecule has 4 nitrogen and oxygen atoms in total. The van der Waals surface area contributed by atoms with E-state index in [1.165, 1.54) is 5.01 Å². The number of carbonyl (C=O) groups excluding carboxylic acids is 1. The third-order valence-electron chi connectivity index (χ3n) is 3.40. The zero-order valence-electron chi connectivity index (χ0n) is 8.77. The first-order valence-corrected chi connectivity index (χ1v) is 4.72. The first-order chi connectivity index (χ1) is 5.94. The van der Waals surface area contributed by atoms with E-state index in [0.717, 1.165) is 6.41 Å². The van der Waals surface area contributed by atoms with E-state index in [9.17, 15) is 9.90 Å². The monoisotopic (exact) mass is 187 g/mol. The highest BCUT2D eigenvalue weighted by Crippen LogP contribution is 2.31. The SMILES string of the molecule is CC(C)[N@+]1(C)[C@@H](C)C[C@H](O)N1C=O. The molecule has 1 rings (SSSR count). The molecule has 0 spiro atoms. The van der Waals surface area contributed by atoms with E-state index in [1.54, 1.807) is 0 Å². The minimum Gasteiger partial charge on any atom is -0.369 e. The summed E-state index contributed by atoms with van der Waals surface area (Å²) in [5.74, 6) is 0. The summed E-state index contributed by atoms with van der Waals surface area (Å²) < 4.78 is 0.505. The number of amides is 1. The van der Waals surface area contributed by atoms with Gasteiger partial charge in [0.05, 0.1) is 13.5 Å². The van der Waals surface area contributed by atoms with Gasteiger partial charge in [-0.15, -0.1) is 0 Å². The van der Waals surface area contributed by atoms with Crippen LogP contribution in [0.3, 0.4) is 0 Å². The predicted octanol–water partition coefficient (Wildman–Crippen LogP) is 0.325. The molecule has 1 heterocycles. The Labute approximate surface area is 79.3 Å². The first kappa shape index (κ1) is 10.5. The van der Waals surface area contributed by atoms with Crippen molar-refractivity contribution in [2.24, 2.45) is 0 Å². The molecule has 0 aromatic heterocycles. The lowest BCUT2D eigenvalue weighted by atomic mass is 10.2. The maximum absolute atomic E-state index is 10.8. The summed E-state index contributed by atoms with van der Waals surface area (Å²) in [4.78, 5) is 10.8. The highest BCUT2D eigenvalue weighted by Gasteiger charge is 2.49. The molecule has 76 valence electrons. The first-order valence-electron chi connectivity index (χ1n) is 4.72. The maximum Gasteiger partial charge on any atom is 0.258 e. The lowest BCUT2D eigenvalue weighted by Crippen LogP contribution is -2.61. The predicted molar refractivity (Wildman–Crippen MR) is 49.3 cm³/mol. The second-order valence-electron chi connectivity index (χ2n) is 4.24. The van der Waals surface area contributed by atoms with Gasteiger partial charge in [-0.25, -0.2) is 4.59 Å². The van der Waals surface area contributed by atoms with Crippen LogP contribution in [0.25, 0.3) is 0 Å². The van der Waals surface area contributed by atoms with Crippen molar-refractivity contribution in [3.63, 3.8) is 0 Å². The molecule has 3 atom stereocenters. The quantitative estimate of drug-likeness (QED) is 0.500. The van der Waals surface area contributed by atoms with Crippen LogP contribution in [0.2, 0.25) is 0 Å². The second-order valence-corrected chi connectivity index (χ2v) is 4.24. The van der Waals surface area contributed by atoms with E-state index in [1.807, 2.05) is 7.05 Å². The van der Waals surface area contributed by atoms with Crippen molar-refractivity contribution in [3.8, 4) is 0 Å². The van der Waals surface area contributed by atoms with E-state index in [0.29, 0.717) is 23.1 Å². The largest absolute Gasteiger partial charge is 0.369 e. The summed E-state index contributed by atoms with van der Waals surface area (Å²) in [6.45, 7) is 6.18. The minimum atomic E-state index is -0.625. The number of aliphatic hydroxyl groups excluding tert-OH is 1. The van der Waals surface area contributed by atoms with Crippen LogP contribution in [0.15, 0.2) is 0 Å². The highest BCUT2D eigenvalue weighted by molar-refractivity contribution is 5.45. The Morgan fingerprint density at radius 3 is 2.46 bits per heavy atom. The van der Waals surface area contributed by atoms with Gasteiger partial charge in [-0.2, -0.15) is 5.01 Å². The van der Waals surface area contributed by atoms with E-state index in [-0.39, 0.29) is 0 Å². The Morgan fingerprint density at radius 1 is 1.62 bits per heavy atom. The Kier molecular flexibility index (Phi) is 2.63. The molecule has 1 amide bonds. The van der Waals surface area contributed by atoms with Gasteiger partial charge in [-0.05, 0) is 20.8 Å². The van der Waals surface area contributed by atoms with Crippen LogP contribution in [-0.4, -0.2) is 46.5 Å². The lowest BCUT2D eigenvalue weighted by molar-refractivity contribution is -1.03. The zero-order chi connectivity index (χ0) is 10.2. The molecule has 1 saturated heterocycles. The number of nitrogens with zero attached hydrogens (tertiary/aromatic N) is 2. The van der Waals surface area contributed by atoms with Crippen molar-refractivity contribution in [1.82, 2.24) is 5.01 Å². The fourth-order valence-electron chi connectivity index (χ4n) is 2.09. The topological polar surface area (TPSA) is 40.5 Å². The van der Waals surface area contributed by atoms with Gasteiger partial charge in [-0.1, -0.05) is 0 Å². The van der Waals surface area contributed by atoms with Gasteiger partial charge in [0.2, 0.25) is 0 Å². The van der Waals surface area contributed by atoms with E-state index < -0.39 is 6.23 Å². The molecule has 0 radical (unpaired) electrons. The van der Waals surface area contributed by atoms with Crippen molar-refractivity contribution in [3.05, 3.63) is 0 Å². The Bertz CT molecular complexity index is 208. The van der Waals surface area contributed by atoms with Gasteiger partial charge in [0.1, 0.15) is 12.1 Å². The molecule has 0 aromatic rings. The van der Waals surface area contributed by atoms with Gasteiger partial charge in [0.15, 0.2) is 6.23 Å². The Balaban J connectivity index is 2.98. The van der Waals surface area contributed by atoms with E-state index in [2.05, 4.69) is 20.8 Å². The number of quaternary nitrogens is 1. The van der Waals surface area contributed by atoms with Crippen molar-refractivity contribution < 1.29 is 14.5 Å². The molecular weight excluding hydrogens is 168 g/mol. The highest BCUT2D eigenvalue weighted by atomic mass is 16.3. The van der Waals surface area contributed by atoms with E-state index >= 15 is 0 Å². The summed E-state index contributed by atoms with van der Waals surface area (Å²) in [7, 11) is 1.99. The van der Waals surface area contributed by atoms with Crippen molar-refractivity contribution in [2.45, 2.75) is 45.5 Å². The van der Waals surface area contributed by atoms with Crippen LogP contribution in [-0.2, 0) is 4.79 Å². The molecule has 4 heteroatoms. The standard InChI is InChI=1S/C9H19N2O2/c1-7(2)11(4)8(3)5-9(13)10(11)6-12/h6-9,13H,5H2,1-4H3/q+1/t8-,9-,11+/m0/s1. The molecule has 0 aromatic carbocycles. The molecule has 0 saturated carbocycles. The fourth-order valence-corrected chi connectivity index (χ4v) is 2.09. The summed E-state index contributed by atoms with van der Waals surface area (Å²) >= 11 is 0. The number of hydrogen-bond donors (Lipinski definition) is 1. The summed E-state index contributed by atoms with van der Waals surface area (Å²) in [6, 6.07) is 0.595.